The standard InChI is InChI=1S/C13H15ClFN3O/c1-8-10(13(16-2)18(3)17-8)7-19-12-5-4-9(15)6-11(12)14/h4-6,16H,7H2,1-3H3. The Morgan fingerprint density at radius 3 is 2.84 bits per heavy atom. The van der Waals surface area contributed by atoms with Crippen molar-refractivity contribution in [2.75, 3.05) is 12.4 Å². The van der Waals surface area contributed by atoms with E-state index < -0.39 is 0 Å². The summed E-state index contributed by atoms with van der Waals surface area (Å²) in [5.41, 5.74) is 1.83. The number of aryl methyl sites for hydroxylation is 2. The van der Waals surface area contributed by atoms with E-state index in [0.717, 1.165) is 17.1 Å². The summed E-state index contributed by atoms with van der Waals surface area (Å²) in [6.07, 6.45) is 0. The van der Waals surface area contributed by atoms with Gasteiger partial charge in [0.2, 0.25) is 0 Å². The molecule has 19 heavy (non-hydrogen) atoms. The molecule has 0 radical (unpaired) electrons. The van der Waals surface area contributed by atoms with E-state index in [1.165, 1.54) is 18.2 Å². The van der Waals surface area contributed by atoms with E-state index in [0.29, 0.717) is 12.4 Å². The van der Waals surface area contributed by atoms with Crippen LogP contribution < -0.4 is 10.1 Å². The maximum absolute atomic E-state index is 12.9. The summed E-state index contributed by atoms with van der Waals surface area (Å²) >= 11 is 5.91. The molecule has 0 amide bonds. The van der Waals surface area contributed by atoms with Gasteiger partial charge in [-0.2, -0.15) is 5.10 Å². The van der Waals surface area contributed by atoms with Gasteiger partial charge in [-0.15, -0.1) is 0 Å². The van der Waals surface area contributed by atoms with E-state index in [9.17, 15) is 4.39 Å². The minimum atomic E-state index is -0.383. The molecule has 0 unspecified atom stereocenters. The van der Waals surface area contributed by atoms with Crippen LogP contribution in [0.5, 0.6) is 5.75 Å². The Morgan fingerprint density at radius 1 is 1.47 bits per heavy atom. The third-order valence-electron chi connectivity index (χ3n) is 2.85. The summed E-state index contributed by atoms with van der Waals surface area (Å²) in [7, 11) is 3.68. The molecule has 6 heteroatoms. The fourth-order valence-electron chi connectivity index (χ4n) is 1.93. The highest BCUT2D eigenvalue weighted by Gasteiger charge is 2.13. The highest BCUT2D eigenvalue weighted by atomic mass is 35.5. The van der Waals surface area contributed by atoms with Crippen molar-refractivity contribution in [2.24, 2.45) is 7.05 Å². The SMILES string of the molecule is CNc1c(COc2ccc(F)cc2Cl)c(C)nn1C. The first-order chi connectivity index (χ1) is 9.02. The van der Waals surface area contributed by atoms with Crippen LogP contribution in [0, 0.1) is 12.7 Å². The van der Waals surface area contributed by atoms with Crippen LogP contribution in [0.4, 0.5) is 10.2 Å². The van der Waals surface area contributed by atoms with Gasteiger partial charge < -0.3 is 10.1 Å². The predicted molar refractivity (Wildman–Crippen MR) is 73.2 cm³/mol. The van der Waals surface area contributed by atoms with Crippen LogP contribution in [-0.4, -0.2) is 16.8 Å². The second-order valence-corrected chi connectivity index (χ2v) is 4.56. The molecule has 0 saturated carbocycles. The molecule has 1 aromatic carbocycles. The summed E-state index contributed by atoms with van der Waals surface area (Å²) in [5, 5.41) is 7.64. The van der Waals surface area contributed by atoms with Crippen LogP contribution in [0.15, 0.2) is 18.2 Å². The van der Waals surface area contributed by atoms with Gasteiger partial charge in [-0.3, -0.25) is 4.68 Å². The highest BCUT2D eigenvalue weighted by Crippen LogP contribution is 2.27. The predicted octanol–water partition coefficient (Wildman–Crippen LogP) is 3.14. The van der Waals surface area contributed by atoms with Gasteiger partial charge in [0, 0.05) is 14.1 Å². The molecular formula is C13H15ClFN3O. The Kier molecular flexibility index (Phi) is 3.95. The number of rotatable bonds is 4. The molecule has 4 nitrogen and oxygen atoms in total. The topological polar surface area (TPSA) is 39.1 Å². The number of nitrogens with zero attached hydrogens (tertiary/aromatic N) is 2. The second-order valence-electron chi connectivity index (χ2n) is 4.15. The van der Waals surface area contributed by atoms with E-state index in [1.54, 1.807) is 4.68 Å². The van der Waals surface area contributed by atoms with Crippen LogP contribution in [0.3, 0.4) is 0 Å². The maximum atomic E-state index is 12.9. The first-order valence-electron chi connectivity index (χ1n) is 5.81. The molecule has 2 aromatic rings. The van der Waals surface area contributed by atoms with Crippen LogP contribution in [-0.2, 0) is 13.7 Å². The van der Waals surface area contributed by atoms with Crippen molar-refractivity contribution in [3.63, 3.8) is 0 Å². The van der Waals surface area contributed by atoms with E-state index in [2.05, 4.69) is 10.4 Å². The largest absolute Gasteiger partial charge is 0.487 e. The number of halogens is 2. The van der Waals surface area contributed by atoms with Crippen molar-refractivity contribution in [3.05, 3.63) is 40.3 Å². The summed E-state index contributed by atoms with van der Waals surface area (Å²) in [4.78, 5) is 0. The number of ether oxygens (including phenoxy) is 1. The number of aromatic nitrogens is 2. The van der Waals surface area contributed by atoms with Gasteiger partial charge in [-0.25, -0.2) is 4.39 Å². The lowest BCUT2D eigenvalue weighted by Gasteiger charge is -2.09. The monoisotopic (exact) mass is 283 g/mol. The highest BCUT2D eigenvalue weighted by molar-refractivity contribution is 6.32. The van der Waals surface area contributed by atoms with Gasteiger partial charge in [0.1, 0.15) is 24.0 Å². The van der Waals surface area contributed by atoms with Crippen molar-refractivity contribution in [3.8, 4) is 5.75 Å². The molecule has 0 aliphatic rings. The third-order valence-corrected chi connectivity index (χ3v) is 3.14. The zero-order valence-corrected chi connectivity index (χ0v) is 11.8. The average Bonchev–Trinajstić information content (AvgIpc) is 2.62. The van der Waals surface area contributed by atoms with Crippen molar-refractivity contribution < 1.29 is 9.13 Å². The van der Waals surface area contributed by atoms with Crippen LogP contribution in [0.2, 0.25) is 5.02 Å². The molecule has 0 aliphatic heterocycles. The lowest BCUT2D eigenvalue weighted by atomic mass is 10.2. The maximum Gasteiger partial charge on any atom is 0.138 e. The smallest absolute Gasteiger partial charge is 0.138 e. The minimum absolute atomic E-state index is 0.257. The molecule has 1 aromatic heterocycles. The quantitative estimate of drug-likeness (QED) is 0.937. The normalized spacial score (nSPS) is 10.6. The number of nitrogens with one attached hydrogen (secondary N) is 1. The molecule has 2 rings (SSSR count). The zero-order valence-electron chi connectivity index (χ0n) is 11.0. The number of anilines is 1. The molecule has 0 atom stereocenters. The molecule has 0 spiro atoms. The molecule has 1 heterocycles. The summed E-state index contributed by atoms with van der Waals surface area (Å²) in [5.74, 6) is 0.954. The average molecular weight is 284 g/mol. The zero-order chi connectivity index (χ0) is 14.0. The number of hydrogen-bond donors (Lipinski definition) is 1. The van der Waals surface area contributed by atoms with Gasteiger partial charge in [0.15, 0.2) is 0 Å². The number of benzene rings is 1. The van der Waals surface area contributed by atoms with Crippen molar-refractivity contribution in [2.45, 2.75) is 13.5 Å². The fraction of sp³-hybridized carbons (Fsp3) is 0.308. The van der Waals surface area contributed by atoms with Crippen molar-refractivity contribution in [1.29, 1.82) is 0 Å². The van der Waals surface area contributed by atoms with Gasteiger partial charge in [-0.05, 0) is 25.1 Å². The van der Waals surface area contributed by atoms with Crippen LogP contribution >= 0.6 is 11.6 Å². The van der Waals surface area contributed by atoms with Crippen LogP contribution in [0.25, 0.3) is 0 Å². The van der Waals surface area contributed by atoms with E-state index in [-0.39, 0.29) is 10.8 Å². The molecule has 1 N–H and O–H groups in total. The van der Waals surface area contributed by atoms with Gasteiger partial charge in [0.25, 0.3) is 0 Å². The molecule has 0 aliphatic carbocycles. The molecule has 102 valence electrons. The Morgan fingerprint density at radius 2 is 2.21 bits per heavy atom. The van der Waals surface area contributed by atoms with Crippen molar-refractivity contribution in [1.82, 2.24) is 9.78 Å². The minimum Gasteiger partial charge on any atom is -0.487 e. The summed E-state index contributed by atoms with van der Waals surface area (Å²) in [6.45, 7) is 2.23. The van der Waals surface area contributed by atoms with Crippen LogP contribution in [0.1, 0.15) is 11.3 Å². The molecule has 0 fully saturated rings. The summed E-state index contributed by atoms with van der Waals surface area (Å²) in [6, 6.07) is 4.06. The third kappa shape index (κ3) is 2.81. The number of hydrogen-bond acceptors (Lipinski definition) is 3. The Labute approximate surface area is 116 Å². The first kappa shape index (κ1) is 13.7. The van der Waals surface area contributed by atoms with Gasteiger partial charge >= 0.3 is 0 Å². The van der Waals surface area contributed by atoms with Gasteiger partial charge in [0.05, 0.1) is 16.3 Å². The lowest BCUT2D eigenvalue weighted by molar-refractivity contribution is 0.305. The summed E-state index contributed by atoms with van der Waals surface area (Å²) < 4.78 is 20.3. The van der Waals surface area contributed by atoms with E-state index >= 15 is 0 Å². The van der Waals surface area contributed by atoms with Gasteiger partial charge in [-0.1, -0.05) is 11.6 Å². The fourth-order valence-corrected chi connectivity index (χ4v) is 2.15. The molecule has 0 saturated heterocycles. The van der Waals surface area contributed by atoms with Crippen molar-refractivity contribution >= 4 is 17.4 Å². The lowest BCUT2D eigenvalue weighted by Crippen LogP contribution is -2.03. The van der Waals surface area contributed by atoms with E-state index in [4.69, 9.17) is 16.3 Å². The Bertz CT molecular complexity index is 598. The first-order valence-corrected chi connectivity index (χ1v) is 6.18. The molecular weight excluding hydrogens is 269 g/mol. The second kappa shape index (κ2) is 5.48. The Balaban J connectivity index is 2.19. The van der Waals surface area contributed by atoms with E-state index in [1.807, 2.05) is 21.0 Å². The Hall–Kier alpha value is -1.75. The molecule has 0 bridgehead atoms.